The fraction of sp³-hybridized carbons (Fsp3) is 0.524. The van der Waals surface area contributed by atoms with Crippen LogP contribution in [0.25, 0.3) is 11.2 Å². The average molecular weight is 443 g/mol. The number of phenols is 2. The van der Waals surface area contributed by atoms with Gasteiger partial charge in [-0.3, -0.25) is 0 Å². The maximum atomic E-state index is 10.3. The van der Waals surface area contributed by atoms with Crippen molar-refractivity contribution in [2.24, 2.45) is 5.73 Å². The van der Waals surface area contributed by atoms with Gasteiger partial charge in [-0.1, -0.05) is 5.21 Å². The maximum absolute atomic E-state index is 10.3. The van der Waals surface area contributed by atoms with E-state index < -0.39 is 0 Å². The molecule has 2 aromatic heterocycles. The normalized spacial score (nSPS) is 18.8. The number of nitrogens with one attached hydrogen (secondary N) is 2. The minimum atomic E-state index is -0.0811. The number of nitrogens with two attached hydrogens (primary N) is 1. The summed E-state index contributed by atoms with van der Waals surface area (Å²) >= 11 is 0. The third kappa shape index (κ3) is 4.47. The van der Waals surface area contributed by atoms with E-state index in [2.05, 4.69) is 30.9 Å². The summed E-state index contributed by atoms with van der Waals surface area (Å²) in [7, 11) is 1.47. The summed E-state index contributed by atoms with van der Waals surface area (Å²) in [6, 6.07) is 3.46. The Kier molecular flexibility index (Phi) is 6.17. The molecule has 1 fully saturated rings. The SMILES string of the molecule is COc1cc(O)c(CNc2nc(NC3CCC(N)CC3)nc3c2nnn3C(C)C)c(O)c1. The van der Waals surface area contributed by atoms with Crippen molar-refractivity contribution in [1.29, 1.82) is 0 Å². The molecule has 3 aromatic rings. The second-order valence-corrected chi connectivity index (χ2v) is 8.45. The number of ether oxygens (including phenoxy) is 1. The van der Waals surface area contributed by atoms with Crippen molar-refractivity contribution >= 4 is 22.9 Å². The van der Waals surface area contributed by atoms with Gasteiger partial charge in [-0.05, 0) is 39.5 Å². The van der Waals surface area contributed by atoms with Crippen molar-refractivity contribution < 1.29 is 14.9 Å². The molecule has 1 aromatic carbocycles. The van der Waals surface area contributed by atoms with Gasteiger partial charge in [-0.2, -0.15) is 9.97 Å². The lowest BCUT2D eigenvalue weighted by Gasteiger charge is -2.26. The van der Waals surface area contributed by atoms with E-state index in [1.54, 1.807) is 4.68 Å². The summed E-state index contributed by atoms with van der Waals surface area (Å²) in [5.74, 6) is 1.15. The van der Waals surface area contributed by atoms with Crippen LogP contribution in [0.3, 0.4) is 0 Å². The van der Waals surface area contributed by atoms with Gasteiger partial charge in [0.25, 0.3) is 0 Å². The molecule has 0 amide bonds. The fourth-order valence-corrected chi connectivity index (χ4v) is 3.90. The van der Waals surface area contributed by atoms with Gasteiger partial charge in [0, 0.05) is 30.8 Å². The summed E-state index contributed by atoms with van der Waals surface area (Å²) in [6.07, 6.45) is 3.85. The van der Waals surface area contributed by atoms with Crippen LogP contribution in [0.15, 0.2) is 12.1 Å². The number of nitrogens with zero attached hydrogens (tertiary/aromatic N) is 5. The average Bonchev–Trinajstić information content (AvgIpc) is 3.19. The van der Waals surface area contributed by atoms with Gasteiger partial charge in [-0.15, -0.1) is 5.10 Å². The monoisotopic (exact) mass is 442 g/mol. The number of hydrogen-bond donors (Lipinski definition) is 5. The van der Waals surface area contributed by atoms with Gasteiger partial charge in [-0.25, -0.2) is 4.68 Å². The highest BCUT2D eigenvalue weighted by atomic mass is 16.5. The molecule has 2 heterocycles. The molecule has 0 unspecified atom stereocenters. The zero-order chi connectivity index (χ0) is 22.8. The number of benzene rings is 1. The van der Waals surface area contributed by atoms with Crippen LogP contribution in [-0.2, 0) is 6.54 Å². The van der Waals surface area contributed by atoms with E-state index in [0.717, 1.165) is 25.7 Å². The largest absolute Gasteiger partial charge is 0.507 e. The Labute approximate surface area is 186 Å². The zero-order valence-corrected chi connectivity index (χ0v) is 18.5. The predicted molar refractivity (Wildman–Crippen MR) is 121 cm³/mol. The molecule has 11 heteroatoms. The van der Waals surface area contributed by atoms with E-state index in [9.17, 15) is 10.2 Å². The molecule has 0 radical (unpaired) electrons. The molecule has 11 nitrogen and oxygen atoms in total. The molecule has 172 valence electrons. The number of fused-ring (bicyclic) bond motifs is 1. The van der Waals surface area contributed by atoms with Gasteiger partial charge in [0.1, 0.15) is 17.2 Å². The second-order valence-electron chi connectivity index (χ2n) is 8.45. The standard InChI is InChI=1S/C21H30N8O3/c1-11(2)29-20-18(27-28-29)19(23-10-15-16(30)8-14(32-3)9-17(15)31)25-21(26-20)24-13-6-4-12(22)5-7-13/h8-9,11-13,30-31H,4-7,10,22H2,1-3H3,(H2,23,24,25,26). The van der Waals surface area contributed by atoms with E-state index >= 15 is 0 Å². The molecule has 6 N–H and O–H groups in total. The number of phenolic OH excluding ortho intramolecular Hbond substituents is 2. The molecule has 0 spiro atoms. The zero-order valence-electron chi connectivity index (χ0n) is 18.5. The Hall–Kier alpha value is -3.34. The van der Waals surface area contributed by atoms with Crippen molar-refractivity contribution in [1.82, 2.24) is 25.0 Å². The molecule has 4 rings (SSSR count). The minimum absolute atomic E-state index is 0.0676. The quantitative estimate of drug-likeness (QED) is 0.368. The number of aromatic hydroxyl groups is 2. The number of methoxy groups -OCH3 is 1. The van der Waals surface area contributed by atoms with Crippen LogP contribution in [0.5, 0.6) is 17.2 Å². The highest BCUT2D eigenvalue weighted by Gasteiger charge is 2.22. The van der Waals surface area contributed by atoms with Crippen molar-refractivity contribution in [3.8, 4) is 17.2 Å². The summed E-state index contributed by atoms with van der Waals surface area (Å²) in [5, 5.41) is 35.7. The molecule has 0 bridgehead atoms. The summed E-state index contributed by atoms with van der Waals surface area (Å²) < 4.78 is 6.82. The van der Waals surface area contributed by atoms with Crippen molar-refractivity contribution in [3.63, 3.8) is 0 Å². The van der Waals surface area contributed by atoms with E-state index in [0.29, 0.717) is 34.2 Å². The van der Waals surface area contributed by atoms with E-state index in [4.69, 9.17) is 10.5 Å². The first-order valence-electron chi connectivity index (χ1n) is 10.8. The Morgan fingerprint density at radius 1 is 1.16 bits per heavy atom. The molecule has 0 atom stereocenters. The van der Waals surface area contributed by atoms with Crippen molar-refractivity contribution in [3.05, 3.63) is 17.7 Å². The molecule has 1 saturated carbocycles. The van der Waals surface area contributed by atoms with Crippen LogP contribution in [0, 0.1) is 0 Å². The first-order chi connectivity index (χ1) is 15.4. The van der Waals surface area contributed by atoms with E-state index in [1.807, 2.05) is 13.8 Å². The summed E-state index contributed by atoms with van der Waals surface area (Å²) in [4.78, 5) is 9.30. The molecule has 0 aliphatic heterocycles. The summed E-state index contributed by atoms with van der Waals surface area (Å²) in [5.41, 5.74) is 7.47. The molecule has 0 saturated heterocycles. The van der Waals surface area contributed by atoms with Crippen LogP contribution in [0.2, 0.25) is 0 Å². The van der Waals surface area contributed by atoms with Gasteiger partial charge >= 0.3 is 0 Å². The van der Waals surface area contributed by atoms with Gasteiger partial charge in [0.05, 0.1) is 18.7 Å². The first kappa shape index (κ1) is 21.9. The van der Waals surface area contributed by atoms with Gasteiger partial charge in [0.15, 0.2) is 17.0 Å². The Morgan fingerprint density at radius 3 is 2.47 bits per heavy atom. The van der Waals surface area contributed by atoms with Gasteiger partial charge in [0.2, 0.25) is 5.95 Å². The minimum Gasteiger partial charge on any atom is -0.507 e. The molecule has 32 heavy (non-hydrogen) atoms. The topological polar surface area (TPSA) is 156 Å². The molecular weight excluding hydrogens is 412 g/mol. The summed E-state index contributed by atoms with van der Waals surface area (Å²) in [6.45, 7) is 4.14. The van der Waals surface area contributed by atoms with Crippen LogP contribution in [0.4, 0.5) is 11.8 Å². The Morgan fingerprint density at radius 2 is 1.84 bits per heavy atom. The Balaban J connectivity index is 1.64. The number of rotatable bonds is 7. The first-order valence-corrected chi connectivity index (χ1v) is 10.8. The van der Waals surface area contributed by atoms with Crippen LogP contribution >= 0.6 is 0 Å². The third-order valence-electron chi connectivity index (χ3n) is 5.76. The van der Waals surface area contributed by atoms with Crippen LogP contribution in [0.1, 0.15) is 51.1 Å². The van der Waals surface area contributed by atoms with E-state index in [1.165, 1.54) is 19.2 Å². The Bertz CT molecular complexity index is 1070. The highest BCUT2D eigenvalue weighted by Crippen LogP contribution is 2.33. The number of aromatic nitrogens is 5. The predicted octanol–water partition coefficient (Wildman–Crippen LogP) is 2.52. The van der Waals surface area contributed by atoms with Crippen LogP contribution in [-0.4, -0.2) is 54.4 Å². The molecule has 1 aliphatic rings. The highest BCUT2D eigenvalue weighted by molar-refractivity contribution is 5.83. The maximum Gasteiger partial charge on any atom is 0.227 e. The van der Waals surface area contributed by atoms with Crippen LogP contribution < -0.4 is 21.1 Å². The van der Waals surface area contributed by atoms with Crippen molar-refractivity contribution in [2.45, 2.75) is 64.2 Å². The van der Waals surface area contributed by atoms with Gasteiger partial charge < -0.3 is 31.3 Å². The van der Waals surface area contributed by atoms with Crippen molar-refractivity contribution in [2.75, 3.05) is 17.7 Å². The van der Waals surface area contributed by atoms with E-state index in [-0.39, 0.29) is 36.2 Å². The lowest BCUT2D eigenvalue weighted by atomic mass is 9.92. The number of hydrogen-bond acceptors (Lipinski definition) is 10. The lowest BCUT2D eigenvalue weighted by Crippen LogP contribution is -2.33. The molecule has 1 aliphatic carbocycles. The molecular formula is C21H30N8O3. The smallest absolute Gasteiger partial charge is 0.227 e. The second kappa shape index (κ2) is 9.03. The number of anilines is 2. The fourth-order valence-electron chi connectivity index (χ4n) is 3.90. The lowest BCUT2D eigenvalue weighted by molar-refractivity contribution is 0.394. The third-order valence-corrected chi connectivity index (χ3v) is 5.76.